The van der Waals surface area contributed by atoms with Crippen LogP contribution in [0.1, 0.15) is 38.7 Å². The predicted molar refractivity (Wildman–Crippen MR) is 103 cm³/mol. The summed E-state index contributed by atoms with van der Waals surface area (Å²) in [6, 6.07) is 8.22. The summed E-state index contributed by atoms with van der Waals surface area (Å²) in [7, 11) is 3.94. The first-order valence-electron chi connectivity index (χ1n) is 9.33. The van der Waals surface area contributed by atoms with Gasteiger partial charge < -0.3 is 19.7 Å². The highest BCUT2D eigenvalue weighted by Gasteiger charge is 2.15. The number of ether oxygens (including phenoxy) is 2. The number of nitrogens with one attached hydrogen (secondary N) is 1. The minimum Gasteiger partial charge on any atom is -0.491 e. The molecule has 1 aromatic rings. The van der Waals surface area contributed by atoms with Crippen molar-refractivity contribution in [2.75, 3.05) is 33.9 Å². The predicted octanol–water partition coefficient (Wildman–Crippen LogP) is 3.30. The van der Waals surface area contributed by atoms with Crippen LogP contribution in [0.4, 0.5) is 0 Å². The molecule has 0 atom stereocenters. The Labute approximate surface area is 152 Å². The van der Waals surface area contributed by atoms with E-state index >= 15 is 0 Å². The summed E-state index contributed by atoms with van der Waals surface area (Å²) in [5.74, 6) is 2.62. The van der Waals surface area contributed by atoms with Gasteiger partial charge in [0.15, 0.2) is 5.96 Å². The van der Waals surface area contributed by atoms with Gasteiger partial charge in [-0.2, -0.15) is 0 Å². The van der Waals surface area contributed by atoms with E-state index in [0.717, 1.165) is 43.9 Å². The fourth-order valence-corrected chi connectivity index (χ4v) is 3.08. The summed E-state index contributed by atoms with van der Waals surface area (Å²) in [5.41, 5.74) is 1.19. The lowest BCUT2D eigenvalue weighted by Crippen LogP contribution is -2.39. The molecule has 1 fully saturated rings. The molecule has 0 spiro atoms. The lowest BCUT2D eigenvalue weighted by Gasteiger charge is -2.27. The van der Waals surface area contributed by atoms with Gasteiger partial charge >= 0.3 is 0 Å². The Bertz CT molecular complexity index is 539. The van der Waals surface area contributed by atoms with Crippen molar-refractivity contribution in [3.05, 3.63) is 29.8 Å². The van der Waals surface area contributed by atoms with Crippen molar-refractivity contribution >= 4 is 5.96 Å². The Morgan fingerprint density at radius 2 is 2.12 bits per heavy atom. The summed E-state index contributed by atoms with van der Waals surface area (Å²) in [6.07, 6.45) is 3.75. The minimum atomic E-state index is 0.187. The van der Waals surface area contributed by atoms with Crippen LogP contribution in [0.5, 0.6) is 5.75 Å². The quantitative estimate of drug-likeness (QED) is 0.607. The van der Waals surface area contributed by atoms with Crippen molar-refractivity contribution in [1.29, 1.82) is 0 Å². The number of nitrogens with zero attached hydrogens (tertiary/aromatic N) is 2. The van der Waals surface area contributed by atoms with Crippen LogP contribution in [-0.2, 0) is 11.3 Å². The molecule has 0 amide bonds. The Morgan fingerprint density at radius 3 is 2.80 bits per heavy atom. The third-order valence-corrected chi connectivity index (χ3v) is 4.51. The van der Waals surface area contributed by atoms with Crippen molar-refractivity contribution in [3.8, 4) is 5.75 Å². The van der Waals surface area contributed by atoms with Gasteiger partial charge in [-0.25, -0.2) is 0 Å². The second-order valence-corrected chi connectivity index (χ2v) is 6.98. The molecule has 0 radical (unpaired) electrons. The highest BCUT2D eigenvalue weighted by atomic mass is 16.5. The molecular weight excluding hydrogens is 314 g/mol. The van der Waals surface area contributed by atoms with E-state index in [1.807, 2.05) is 33.0 Å². The van der Waals surface area contributed by atoms with E-state index < -0.39 is 0 Å². The molecule has 0 saturated carbocycles. The van der Waals surface area contributed by atoms with Crippen LogP contribution >= 0.6 is 0 Å². The summed E-state index contributed by atoms with van der Waals surface area (Å²) < 4.78 is 11.2. The molecule has 140 valence electrons. The van der Waals surface area contributed by atoms with Crippen LogP contribution in [-0.4, -0.2) is 50.8 Å². The van der Waals surface area contributed by atoms with Crippen molar-refractivity contribution in [1.82, 2.24) is 10.2 Å². The number of rotatable bonds is 7. The van der Waals surface area contributed by atoms with Crippen molar-refractivity contribution in [2.45, 2.75) is 45.8 Å². The normalized spacial score (nSPS) is 16.1. The Balaban J connectivity index is 1.80. The van der Waals surface area contributed by atoms with Crippen LogP contribution in [0.15, 0.2) is 29.3 Å². The van der Waals surface area contributed by atoms with Crippen LogP contribution in [0.25, 0.3) is 0 Å². The first-order valence-corrected chi connectivity index (χ1v) is 9.33. The molecule has 1 aliphatic heterocycles. The van der Waals surface area contributed by atoms with Gasteiger partial charge in [-0.05, 0) is 56.7 Å². The topological polar surface area (TPSA) is 46.1 Å². The van der Waals surface area contributed by atoms with Crippen LogP contribution in [0.3, 0.4) is 0 Å². The Kier molecular flexibility index (Phi) is 8.06. The molecule has 2 rings (SSSR count). The van der Waals surface area contributed by atoms with Gasteiger partial charge in [0, 0.05) is 40.4 Å². The van der Waals surface area contributed by atoms with Crippen LogP contribution < -0.4 is 10.1 Å². The highest BCUT2D eigenvalue weighted by Crippen LogP contribution is 2.18. The zero-order chi connectivity index (χ0) is 18.1. The monoisotopic (exact) mass is 347 g/mol. The van der Waals surface area contributed by atoms with E-state index in [4.69, 9.17) is 9.47 Å². The third-order valence-electron chi connectivity index (χ3n) is 4.51. The maximum atomic E-state index is 5.76. The molecule has 0 aliphatic carbocycles. The largest absolute Gasteiger partial charge is 0.491 e. The smallest absolute Gasteiger partial charge is 0.193 e. The summed E-state index contributed by atoms with van der Waals surface area (Å²) in [4.78, 5) is 6.63. The Hall–Kier alpha value is -1.75. The molecule has 0 aromatic heterocycles. The molecule has 0 bridgehead atoms. The standard InChI is InChI=1S/C20H33N3O2/c1-16(2)25-19-7-5-6-18(14-19)15-22-20(21-3)23(4)11-8-17-9-12-24-13-10-17/h5-7,14,16-17H,8-13,15H2,1-4H3,(H,21,22). The fourth-order valence-electron chi connectivity index (χ4n) is 3.08. The number of hydrogen-bond donors (Lipinski definition) is 1. The van der Waals surface area contributed by atoms with Crippen LogP contribution in [0.2, 0.25) is 0 Å². The third kappa shape index (κ3) is 6.94. The number of guanidine groups is 1. The molecule has 5 nitrogen and oxygen atoms in total. The molecule has 1 aromatic carbocycles. The first kappa shape index (κ1) is 19.6. The number of hydrogen-bond acceptors (Lipinski definition) is 3. The zero-order valence-electron chi connectivity index (χ0n) is 16.1. The van der Waals surface area contributed by atoms with Gasteiger partial charge in [0.1, 0.15) is 5.75 Å². The maximum Gasteiger partial charge on any atom is 0.193 e. The van der Waals surface area contributed by atoms with Gasteiger partial charge in [0.2, 0.25) is 0 Å². The van der Waals surface area contributed by atoms with E-state index in [1.165, 1.54) is 24.8 Å². The van der Waals surface area contributed by atoms with Crippen LogP contribution in [0, 0.1) is 5.92 Å². The molecule has 25 heavy (non-hydrogen) atoms. The Morgan fingerprint density at radius 1 is 1.36 bits per heavy atom. The average Bonchev–Trinajstić information content (AvgIpc) is 2.61. The number of benzene rings is 1. The molecule has 5 heteroatoms. The summed E-state index contributed by atoms with van der Waals surface area (Å²) in [6.45, 7) is 7.66. The van der Waals surface area contributed by atoms with E-state index in [1.54, 1.807) is 0 Å². The maximum absolute atomic E-state index is 5.76. The molecule has 1 aliphatic rings. The van der Waals surface area contributed by atoms with Gasteiger partial charge in [0.25, 0.3) is 0 Å². The second-order valence-electron chi connectivity index (χ2n) is 6.98. The second kappa shape index (κ2) is 10.3. The average molecular weight is 348 g/mol. The SMILES string of the molecule is CN=C(NCc1cccc(OC(C)C)c1)N(C)CCC1CCOCC1. The molecule has 0 unspecified atom stereocenters. The van der Waals surface area contributed by atoms with Gasteiger partial charge in [-0.3, -0.25) is 4.99 Å². The fraction of sp³-hybridized carbons (Fsp3) is 0.650. The first-order chi connectivity index (χ1) is 12.1. The summed E-state index contributed by atoms with van der Waals surface area (Å²) in [5, 5.41) is 3.45. The molecule has 1 N–H and O–H groups in total. The van der Waals surface area contributed by atoms with E-state index in [-0.39, 0.29) is 6.10 Å². The molecule has 1 saturated heterocycles. The van der Waals surface area contributed by atoms with Crippen molar-refractivity contribution < 1.29 is 9.47 Å². The lowest BCUT2D eigenvalue weighted by atomic mass is 9.96. The van der Waals surface area contributed by atoms with Gasteiger partial charge in [0.05, 0.1) is 6.10 Å². The lowest BCUT2D eigenvalue weighted by molar-refractivity contribution is 0.0625. The minimum absolute atomic E-state index is 0.187. The molecular formula is C20H33N3O2. The number of aliphatic imine (C=N–C) groups is 1. The van der Waals surface area contributed by atoms with E-state index in [2.05, 4.69) is 34.4 Å². The van der Waals surface area contributed by atoms with Crippen molar-refractivity contribution in [2.24, 2.45) is 10.9 Å². The summed E-state index contributed by atoms with van der Waals surface area (Å²) >= 11 is 0. The van der Waals surface area contributed by atoms with Crippen molar-refractivity contribution in [3.63, 3.8) is 0 Å². The zero-order valence-corrected chi connectivity index (χ0v) is 16.1. The van der Waals surface area contributed by atoms with E-state index in [9.17, 15) is 0 Å². The molecule has 1 heterocycles. The highest BCUT2D eigenvalue weighted by molar-refractivity contribution is 5.79. The van der Waals surface area contributed by atoms with Gasteiger partial charge in [-0.1, -0.05) is 12.1 Å². The van der Waals surface area contributed by atoms with Gasteiger partial charge in [-0.15, -0.1) is 0 Å². The van der Waals surface area contributed by atoms with E-state index in [0.29, 0.717) is 0 Å².